The summed E-state index contributed by atoms with van der Waals surface area (Å²) in [6.07, 6.45) is 3.08. The number of nitrogens with one attached hydrogen (secondary N) is 1. The maximum atomic E-state index is 11.5. The van der Waals surface area contributed by atoms with Crippen molar-refractivity contribution in [2.24, 2.45) is 0 Å². The quantitative estimate of drug-likeness (QED) is 0.596. The van der Waals surface area contributed by atoms with Gasteiger partial charge >= 0.3 is 0 Å². The van der Waals surface area contributed by atoms with Crippen LogP contribution >= 0.6 is 0 Å². The second-order valence-corrected chi connectivity index (χ2v) is 4.02. The zero-order valence-corrected chi connectivity index (χ0v) is 10.0. The number of amides is 1. The fourth-order valence-corrected chi connectivity index (χ4v) is 1.48. The van der Waals surface area contributed by atoms with E-state index in [1.54, 1.807) is 6.08 Å². The highest BCUT2D eigenvalue weighted by atomic mass is 16.1. The van der Waals surface area contributed by atoms with E-state index in [1.807, 2.05) is 6.07 Å². The highest BCUT2D eigenvalue weighted by molar-refractivity contribution is 5.78. The molecule has 0 aliphatic carbocycles. The lowest BCUT2D eigenvalue weighted by molar-refractivity contribution is -0.120. The van der Waals surface area contributed by atoms with Crippen molar-refractivity contribution in [2.45, 2.75) is 26.7 Å². The predicted octanol–water partition coefficient (Wildman–Crippen LogP) is 2.54. The summed E-state index contributed by atoms with van der Waals surface area (Å²) in [5, 5.41) is 2.86. The monoisotopic (exact) mass is 217 g/mol. The minimum atomic E-state index is 0.0742. The second-order valence-electron chi connectivity index (χ2n) is 4.02. The molecule has 0 aliphatic heterocycles. The van der Waals surface area contributed by atoms with Crippen molar-refractivity contribution in [3.8, 4) is 0 Å². The number of hydrogen-bond donors (Lipinski definition) is 1. The van der Waals surface area contributed by atoms with Crippen LogP contribution in [0.5, 0.6) is 0 Å². The molecule has 0 radical (unpaired) electrons. The third kappa shape index (κ3) is 3.89. The van der Waals surface area contributed by atoms with Crippen LogP contribution in [-0.4, -0.2) is 12.5 Å². The maximum Gasteiger partial charge on any atom is 0.224 e. The topological polar surface area (TPSA) is 29.1 Å². The van der Waals surface area contributed by atoms with Crippen LogP contribution < -0.4 is 5.32 Å². The molecule has 16 heavy (non-hydrogen) atoms. The molecular weight excluding hydrogens is 198 g/mol. The van der Waals surface area contributed by atoms with Crippen molar-refractivity contribution in [1.29, 1.82) is 0 Å². The van der Waals surface area contributed by atoms with Gasteiger partial charge < -0.3 is 5.32 Å². The number of carbonyl (C=O) groups is 1. The Labute approximate surface area is 97.4 Å². The summed E-state index contributed by atoms with van der Waals surface area (Å²) in [6.45, 7) is 8.42. The summed E-state index contributed by atoms with van der Waals surface area (Å²) in [6, 6.07) is 6.14. The molecule has 2 nitrogen and oxygen atoms in total. The van der Waals surface area contributed by atoms with E-state index in [2.05, 4.69) is 37.9 Å². The van der Waals surface area contributed by atoms with E-state index in [0.717, 1.165) is 12.0 Å². The average molecular weight is 217 g/mol. The molecule has 1 aromatic carbocycles. The van der Waals surface area contributed by atoms with Crippen molar-refractivity contribution >= 4 is 5.91 Å². The predicted molar refractivity (Wildman–Crippen MR) is 67.4 cm³/mol. The van der Waals surface area contributed by atoms with Crippen LogP contribution in [0, 0.1) is 13.8 Å². The number of aryl methyl sites for hydroxylation is 2. The van der Waals surface area contributed by atoms with Gasteiger partial charge in [-0.1, -0.05) is 24.3 Å². The molecule has 0 saturated carbocycles. The third-order valence-electron chi connectivity index (χ3n) is 2.61. The van der Waals surface area contributed by atoms with E-state index < -0.39 is 0 Å². The average Bonchev–Trinajstić information content (AvgIpc) is 2.24. The van der Waals surface area contributed by atoms with Crippen molar-refractivity contribution in [3.05, 3.63) is 47.5 Å². The molecule has 0 aromatic heterocycles. The van der Waals surface area contributed by atoms with E-state index >= 15 is 0 Å². The Balaban J connectivity index is 2.49. The zero-order chi connectivity index (χ0) is 12.0. The molecule has 0 heterocycles. The molecular formula is C14H19NO. The van der Waals surface area contributed by atoms with Crippen LogP contribution in [0.1, 0.15) is 23.1 Å². The van der Waals surface area contributed by atoms with Crippen LogP contribution in [0.2, 0.25) is 0 Å². The summed E-state index contributed by atoms with van der Waals surface area (Å²) in [5.41, 5.74) is 3.56. The largest absolute Gasteiger partial charge is 0.356 e. The lowest BCUT2D eigenvalue weighted by Gasteiger charge is -2.06. The number of rotatable bonds is 5. The van der Waals surface area contributed by atoms with Crippen LogP contribution in [0.15, 0.2) is 30.9 Å². The van der Waals surface area contributed by atoms with Gasteiger partial charge in [-0.2, -0.15) is 0 Å². The van der Waals surface area contributed by atoms with Crippen LogP contribution in [0.4, 0.5) is 0 Å². The zero-order valence-electron chi connectivity index (χ0n) is 10.0. The maximum absolute atomic E-state index is 11.5. The molecule has 1 rings (SSSR count). The van der Waals surface area contributed by atoms with Crippen molar-refractivity contribution in [3.63, 3.8) is 0 Å². The van der Waals surface area contributed by atoms with E-state index in [0.29, 0.717) is 13.0 Å². The molecule has 1 amide bonds. The summed E-state index contributed by atoms with van der Waals surface area (Å²) >= 11 is 0. The van der Waals surface area contributed by atoms with E-state index in [-0.39, 0.29) is 5.91 Å². The first kappa shape index (κ1) is 12.5. The Morgan fingerprint density at radius 3 is 2.75 bits per heavy atom. The van der Waals surface area contributed by atoms with Crippen molar-refractivity contribution in [1.82, 2.24) is 5.32 Å². The Kier molecular flexibility index (Phi) is 4.77. The van der Waals surface area contributed by atoms with Gasteiger partial charge in [-0.3, -0.25) is 4.79 Å². The van der Waals surface area contributed by atoms with E-state index in [9.17, 15) is 4.79 Å². The fraction of sp³-hybridized carbons (Fsp3) is 0.357. The third-order valence-corrected chi connectivity index (χ3v) is 2.61. The highest BCUT2D eigenvalue weighted by Crippen LogP contribution is 2.10. The van der Waals surface area contributed by atoms with Crippen LogP contribution in [0.25, 0.3) is 0 Å². The molecule has 1 N–H and O–H groups in total. The molecule has 2 heteroatoms. The molecule has 0 aliphatic rings. The minimum Gasteiger partial charge on any atom is -0.356 e. The smallest absolute Gasteiger partial charge is 0.224 e. The Hall–Kier alpha value is -1.57. The summed E-state index contributed by atoms with van der Waals surface area (Å²) < 4.78 is 0. The second kappa shape index (κ2) is 6.11. The molecule has 0 atom stereocenters. The van der Waals surface area contributed by atoms with Gasteiger partial charge in [0.2, 0.25) is 5.91 Å². The molecule has 0 fully saturated rings. The minimum absolute atomic E-state index is 0.0742. The normalized spacial score (nSPS) is 9.88. The highest BCUT2D eigenvalue weighted by Gasteiger charge is 2.03. The molecule has 0 bridgehead atoms. The van der Waals surface area contributed by atoms with Gasteiger partial charge in [-0.25, -0.2) is 0 Å². The number of carbonyl (C=O) groups excluding carboxylic acids is 1. The van der Waals surface area contributed by atoms with Gasteiger partial charge in [0, 0.05) is 6.54 Å². The Morgan fingerprint density at radius 2 is 2.12 bits per heavy atom. The van der Waals surface area contributed by atoms with Gasteiger partial charge in [0.15, 0.2) is 0 Å². The first-order chi connectivity index (χ1) is 7.63. The lowest BCUT2D eigenvalue weighted by Crippen LogP contribution is -2.25. The van der Waals surface area contributed by atoms with E-state index in [4.69, 9.17) is 0 Å². The van der Waals surface area contributed by atoms with Crippen LogP contribution in [-0.2, 0) is 11.2 Å². The summed E-state index contributed by atoms with van der Waals surface area (Å²) in [4.78, 5) is 11.5. The summed E-state index contributed by atoms with van der Waals surface area (Å²) in [5.74, 6) is 0.0742. The summed E-state index contributed by atoms with van der Waals surface area (Å²) in [7, 11) is 0. The van der Waals surface area contributed by atoms with Crippen molar-refractivity contribution in [2.75, 3.05) is 6.54 Å². The van der Waals surface area contributed by atoms with Gasteiger partial charge in [0.05, 0.1) is 6.42 Å². The SMILES string of the molecule is C=CCCNC(=O)Cc1ccc(C)c(C)c1. The lowest BCUT2D eigenvalue weighted by atomic mass is 10.0. The molecule has 0 unspecified atom stereocenters. The van der Waals surface area contributed by atoms with Crippen LogP contribution in [0.3, 0.4) is 0 Å². The molecule has 86 valence electrons. The van der Waals surface area contributed by atoms with Gasteiger partial charge in [0.1, 0.15) is 0 Å². The Bertz CT molecular complexity index is 382. The van der Waals surface area contributed by atoms with Gasteiger partial charge in [-0.05, 0) is 37.0 Å². The number of hydrogen-bond acceptors (Lipinski definition) is 1. The van der Waals surface area contributed by atoms with Gasteiger partial charge in [-0.15, -0.1) is 6.58 Å². The molecule has 0 saturated heterocycles. The number of benzene rings is 1. The standard InChI is InChI=1S/C14H19NO/c1-4-5-8-15-14(16)10-13-7-6-11(2)12(3)9-13/h4,6-7,9H,1,5,8,10H2,2-3H3,(H,15,16). The van der Waals surface area contributed by atoms with Gasteiger partial charge in [0.25, 0.3) is 0 Å². The first-order valence-electron chi connectivity index (χ1n) is 5.57. The fourth-order valence-electron chi connectivity index (χ4n) is 1.48. The first-order valence-corrected chi connectivity index (χ1v) is 5.57. The molecule has 1 aromatic rings. The van der Waals surface area contributed by atoms with E-state index in [1.165, 1.54) is 11.1 Å². The molecule has 0 spiro atoms. The van der Waals surface area contributed by atoms with Crippen molar-refractivity contribution < 1.29 is 4.79 Å². The Morgan fingerprint density at radius 1 is 1.38 bits per heavy atom.